The van der Waals surface area contributed by atoms with E-state index in [2.05, 4.69) is 0 Å². The number of hydrogen-bond donors (Lipinski definition) is 2. The van der Waals surface area contributed by atoms with Crippen molar-refractivity contribution >= 4 is 18.2 Å². The molecule has 1 saturated heterocycles. The molecule has 0 amide bonds. The molecular formula is C32H40O9. The van der Waals surface area contributed by atoms with Crippen LogP contribution in [0.25, 0.3) is 6.08 Å². The third-order valence-electron chi connectivity index (χ3n) is 6.34. The zero-order valence-corrected chi connectivity index (χ0v) is 24.5. The highest BCUT2D eigenvalue weighted by Crippen LogP contribution is 2.34. The molecule has 2 aromatic rings. The Balaban J connectivity index is 0.00000187. The molecular weight excluding hydrogens is 528 g/mol. The second kappa shape index (κ2) is 16.0. The molecule has 2 aromatic carbocycles. The van der Waals surface area contributed by atoms with Crippen LogP contribution in [-0.4, -0.2) is 59.6 Å². The van der Waals surface area contributed by atoms with Gasteiger partial charge in [0.15, 0.2) is 5.79 Å². The number of methoxy groups -OCH3 is 1. The van der Waals surface area contributed by atoms with Crippen LogP contribution in [0.3, 0.4) is 0 Å². The molecule has 0 radical (unpaired) electrons. The SMILES string of the molecule is COc1ccc(COC(/C=C\C[C@H](C)O)[C@H]2OC(C)(C)O[C@H]2C/C=C/c2cc(C)cc(C)c2C(=O)O)cc1.O=C=O. The number of aliphatic hydroxyl groups excluding tert-OH is 1. The number of rotatable bonds is 12. The van der Waals surface area contributed by atoms with Crippen LogP contribution in [0, 0.1) is 13.8 Å². The van der Waals surface area contributed by atoms with E-state index in [1.165, 1.54) is 0 Å². The van der Waals surface area contributed by atoms with Crippen LogP contribution in [0.15, 0.2) is 54.6 Å². The molecule has 1 heterocycles. The Hall–Kier alpha value is -3.59. The first-order valence-electron chi connectivity index (χ1n) is 13.4. The number of benzene rings is 2. The number of aromatic carboxylic acids is 1. The summed E-state index contributed by atoms with van der Waals surface area (Å²) in [5.74, 6) is -0.982. The lowest BCUT2D eigenvalue weighted by atomic mass is 9.97. The molecule has 0 aliphatic carbocycles. The first-order chi connectivity index (χ1) is 19.4. The first-order valence-corrected chi connectivity index (χ1v) is 13.4. The average Bonchev–Trinajstić information content (AvgIpc) is 3.20. The predicted molar refractivity (Wildman–Crippen MR) is 152 cm³/mol. The standard InChI is InChI=1S/C31H40O7.CO2/c1-20-17-21(2)28(30(33)34)24(18-20)10-8-12-27-29(38-31(4,5)37-27)26(11-7-9-22(3)32)36-19-23-13-15-25(35-6)16-14-23;2-1-3/h7-8,10-11,13-18,22,26-27,29,32H,9,12,19H2,1-6H3,(H,33,34);/b10-8+,11-7-;/t22-,26?,27-,29+;/m0./s1. The van der Waals surface area contributed by atoms with Gasteiger partial charge in [-0.1, -0.05) is 54.1 Å². The molecule has 0 saturated carbocycles. The van der Waals surface area contributed by atoms with Crippen molar-refractivity contribution in [3.05, 3.63) is 82.4 Å². The van der Waals surface area contributed by atoms with Gasteiger partial charge in [-0.25, -0.2) is 4.79 Å². The zero-order chi connectivity index (χ0) is 30.6. The maximum atomic E-state index is 11.8. The van der Waals surface area contributed by atoms with Gasteiger partial charge in [0.25, 0.3) is 0 Å². The van der Waals surface area contributed by atoms with Crippen LogP contribution < -0.4 is 4.74 Å². The molecule has 9 nitrogen and oxygen atoms in total. The molecule has 4 atom stereocenters. The summed E-state index contributed by atoms with van der Waals surface area (Å²) < 4.78 is 24.1. The highest BCUT2D eigenvalue weighted by molar-refractivity contribution is 5.94. The maximum Gasteiger partial charge on any atom is 0.373 e. The molecule has 9 heteroatoms. The number of carboxylic acids is 1. The van der Waals surface area contributed by atoms with Crippen LogP contribution in [-0.2, 0) is 30.4 Å². The summed E-state index contributed by atoms with van der Waals surface area (Å²) in [7, 11) is 1.63. The molecule has 1 aliphatic rings. The summed E-state index contributed by atoms with van der Waals surface area (Å²) in [4.78, 5) is 28.1. The van der Waals surface area contributed by atoms with Gasteiger partial charge in [0.1, 0.15) is 18.0 Å². The van der Waals surface area contributed by atoms with Crippen molar-refractivity contribution in [2.75, 3.05) is 7.11 Å². The minimum atomic E-state index is -0.947. The number of aliphatic hydroxyl groups is 1. The minimum absolute atomic E-state index is 0.250. The Morgan fingerprint density at radius 1 is 1.12 bits per heavy atom. The normalized spacial score (nSPS) is 19.4. The maximum absolute atomic E-state index is 11.8. The molecule has 0 spiro atoms. The largest absolute Gasteiger partial charge is 0.497 e. The van der Waals surface area contributed by atoms with Crippen LogP contribution in [0.2, 0.25) is 0 Å². The third-order valence-corrected chi connectivity index (χ3v) is 6.34. The monoisotopic (exact) mass is 568 g/mol. The predicted octanol–water partition coefficient (Wildman–Crippen LogP) is 5.26. The second-order valence-corrected chi connectivity index (χ2v) is 10.3. The Labute approximate surface area is 241 Å². The Morgan fingerprint density at radius 3 is 2.37 bits per heavy atom. The van der Waals surface area contributed by atoms with E-state index in [4.69, 9.17) is 28.5 Å². The van der Waals surface area contributed by atoms with Crippen molar-refractivity contribution in [2.24, 2.45) is 0 Å². The number of carbonyl (C=O) groups excluding carboxylic acids is 2. The van der Waals surface area contributed by atoms with Gasteiger partial charge in [0.2, 0.25) is 0 Å². The molecule has 1 aliphatic heterocycles. The van der Waals surface area contributed by atoms with Gasteiger partial charge in [-0.05, 0) is 76.3 Å². The van der Waals surface area contributed by atoms with E-state index in [-0.39, 0.29) is 12.3 Å². The Bertz CT molecular complexity index is 1220. The number of carboxylic acid groups (broad SMARTS) is 1. The highest BCUT2D eigenvalue weighted by Gasteiger charge is 2.44. The van der Waals surface area contributed by atoms with E-state index >= 15 is 0 Å². The fourth-order valence-electron chi connectivity index (χ4n) is 4.66. The van der Waals surface area contributed by atoms with E-state index in [0.717, 1.165) is 22.4 Å². The molecule has 2 N–H and O–H groups in total. The fraction of sp³-hybridized carbons (Fsp3) is 0.438. The summed E-state index contributed by atoms with van der Waals surface area (Å²) in [6, 6.07) is 11.4. The van der Waals surface area contributed by atoms with Gasteiger partial charge in [-0.2, -0.15) is 9.59 Å². The molecule has 222 valence electrons. The van der Waals surface area contributed by atoms with Crippen LogP contribution in [0.4, 0.5) is 0 Å². The topological polar surface area (TPSA) is 129 Å². The second-order valence-electron chi connectivity index (χ2n) is 10.3. The summed E-state index contributed by atoms with van der Waals surface area (Å²) in [6.07, 6.45) is 7.23. The van der Waals surface area contributed by atoms with Crippen molar-refractivity contribution < 1.29 is 43.5 Å². The molecule has 1 fully saturated rings. The fourth-order valence-corrected chi connectivity index (χ4v) is 4.66. The van der Waals surface area contributed by atoms with Crippen molar-refractivity contribution in [3.63, 3.8) is 0 Å². The summed E-state index contributed by atoms with van der Waals surface area (Å²) in [5, 5.41) is 19.4. The van der Waals surface area contributed by atoms with Gasteiger partial charge < -0.3 is 29.2 Å². The van der Waals surface area contributed by atoms with Gasteiger partial charge in [0, 0.05) is 0 Å². The Morgan fingerprint density at radius 2 is 1.78 bits per heavy atom. The van der Waals surface area contributed by atoms with Crippen molar-refractivity contribution in [3.8, 4) is 5.75 Å². The van der Waals surface area contributed by atoms with Gasteiger partial charge in [-0.3, -0.25) is 0 Å². The Kier molecular flexibility index (Phi) is 13.1. The minimum Gasteiger partial charge on any atom is -0.497 e. The third kappa shape index (κ3) is 10.7. The summed E-state index contributed by atoms with van der Waals surface area (Å²) >= 11 is 0. The smallest absolute Gasteiger partial charge is 0.373 e. The van der Waals surface area contributed by atoms with Crippen molar-refractivity contribution in [1.29, 1.82) is 0 Å². The van der Waals surface area contributed by atoms with E-state index < -0.39 is 30.1 Å². The van der Waals surface area contributed by atoms with E-state index in [0.29, 0.717) is 30.6 Å². The van der Waals surface area contributed by atoms with Gasteiger partial charge in [-0.15, -0.1) is 0 Å². The lowest BCUT2D eigenvalue weighted by Crippen LogP contribution is -2.36. The number of ether oxygens (including phenoxy) is 4. The first kappa shape index (κ1) is 33.6. The number of hydrogen-bond acceptors (Lipinski definition) is 8. The zero-order valence-electron chi connectivity index (χ0n) is 24.5. The highest BCUT2D eigenvalue weighted by atomic mass is 16.8. The number of aryl methyl sites for hydroxylation is 2. The van der Waals surface area contributed by atoms with Crippen LogP contribution in [0.1, 0.15) is 66.2 Å². The van der Waals surface area contributed by atoms with Crippen LogP contribution in [0.5, 0.6) is 5.75 Å². The van der Waals surface area contributed by atoms with E-state index in [9.17, 15) is 15.0 Å². The molecule has 41 heavy (non-hydrogen) atoms. The van der Waals surface area contributed by atoms with Gasteiger partial charge >= 0.3 is 12.1 Å². The summed E-state index contributed by atoms with van der Waals surface area (Å²) in [6.45, 7) is 9.60. The number of carbonyl (C=O) groups is 1. The molecule has 0 bridgehead atoms. The van der Waals surface area contributed by atoms with Crippen LogP contribution >= 0.6 is 0 Å². The lowest BCUT2D eigenvalue weighted by Gasteiger charge is -2.24. The van der Waals surface area contributed by atoms with E-state index in [1.54, 1.807) is 14.0 Å². The lowest BCUT2D eigenvalue weighted by molar-refractivity contribution is -0.191. The van der Waals surface area contributed by atoms with Crippen molar-refractivity contribution in [1.82, 2.24) is 0 Å². The quantitative estimate of drug-likeness (QED) is 0.329. The molecule has 1 unspecified atom stereocenters. The average molecular weight is 569 g/mol. The molecule has 0 aromatic heterocycles. The van der Waals surface area contributed by atoms with Crippen molar-refractivity contribution in [2.45, 2.75) is 84.3 Å². The summed E-state index contributed by atoms with van der Waals surface area (Å²) in [5.41, 5.74) is 3.68. The van der Waals surface area contributed by atoms with Gasteiger partial charge in [0.05, 0.1) is 31.5 Å². The molecule has 3 rings (SSSR count). The van der Waals surface area contributed by atoms with E-state index in [1.807, 2.05) is 88.4 Å².